The van der Waals surface area contributed by atoms with Gasteiger partial charge in [0.15, 0.2) is 5.60 Å². The molecule has 0 aliphatic rings. The molecule has 0 aliphatic carbocycles. The Kier molecular flexibility index (Phi) is 3.23. The van der Waals surface area contributed by atoms with Gasteiger partial charge in [0.05, 0.1) is 13.4 Å². The van der Waals surface area contributed by atoms with Crippen molar-refractivity contribution in [2.24, 2.45) is 0 Å². The standard InChI is InChI=1S/C6H12O5S/c1-6(2,5(7)10-3)11-12(4,8)9/h1-4H3. The van der Waals surface area contributed by atoms with E-state index in [1.54, 1.807) is 0 Å². The SMILES string of the molecule is COC(=O)C(C)(C)OS(C)(=O)=O. The Labute approximate surface area is 71.8 Å². The molecule has 0 aliphatic heterocycles. The van der Waals surface area contributed by atoms with Crippen LogP contribution in [-0.4, -0.2) is 33.4 Å². The molecule has 0 unspecified atom stereocenters. The lowest BCUT2D eigenvalue weighted by molar-refractivity contribution is -0.155. The zero-order chi connectivity index (χ0) is 9.99. The van der Waals surface area contributed by atoms with Crippen LogP contribution in [0.5, 0.6) is 0 Å². The second-order valence-corrected chi connectivity index (χ2v) is 4.36. The van der Waals surface area contributed by atoms with E-state index in [-0.39, 0.29) is 0 Å². The van der Waals surface area contributed by atoms with Crippen molar-refractivity contribution in [1.29, 1.82) is 0 Å². The zero-order valence-electron chi connectivity index (χ0n) is 7.45. The largest absolute Gasteiger partial charge is 0.467 e. The Bertz CT molecular complexity index is 264. The summed E-state index contributed by atoms with van der Waals surface area (Å²) in [6.07, 6.45) is 0.873. The van der Waals surface area contributed by atoms with E-state index in [9.17, 15) is 13.2 Å². The van der Waals surface area contributed by atoms with E-state index in [0.717, 1.165) is 13.4 Å². The highest BCUT2D eigenvalue weighted by atomic mass is 32.2. The quantitative estimate of drug-likeness (QED) is 0.466. The molecule has 0 spiro atoms. The number of carbonyl (C=O) groups excluding carboxylic acids is 1. The van der Waals surface area contributed by atoms with Gasteiger partial charge in [-0.3, -0.25) is 4.18 Å². The summed E-state index contributed by atoms with van der Waals surface area (Å²) in [7, 11) is -2.48. The highest BCUT2D eigenvalue weighted by Gasteiger charge is 2.33. The molecule has 0 amide bonds. The van der Waals surface area contributed by atoms with Crippen molar-refractivity contribution in [3.05, 3.63) is 0 Å². The van der Waals surface area contributed by atoms with E-state index in [0.29, 0.717) is 0 Å². The first-order valence-electron chi connectivity index (χ1n) is 3.18. The molecule has 0 aromatic heterocycles. The fraction of sp³-hybridized carbons (Fsp3) is 0.833. The Balaban J connectivity index is 4.54. The van der Waals surface area contributed by atoms with E-state index in [4.69, 9.17) is 0 Å². The minimum atomic E-state index is -3.64. The van der Waals surface area contributed by atoms with Crippen molar-refractivity contribution in [2.45, 2.75) is 19.4 Å². The van der Waals surface area contributed by atoms with Gasteiger partial charge in [0.25, 0.3) is 10.1 Å². The number of rotatable bonds is 3. The van der Waals surface area contributed by atoms with Crippen molar-refractivity contribution in [3.63, 3.8) is 0 Å². The molecule has 0 saturated heterocycles. The maximum Gasteiger partial charge on any atom is 0.339 e. The van der Waals surface area contributed by atoms with E-state index >= 15 is 0 Å². The Morgan fingerprint density at radius 2 is 1.75 bits per heavy atom. The van der Waals surface area contributed by atoms with Gasteiger partial charge < -0.3 is 4.74 Å². The van der Waals surface area contributed by atoms with Crippen LogP contribution in [0, 0.1) is 0 Å². The monoisotopic (exact) mass is 196 g/mol. The van der Waals surface area contributed by atoms with Crippen molar-refractivity contribution in [1.82, 2.24) is 0 Å². The molecule has 0 heterocycles. The van der Waals surface area contributed by atoms with Crippen LogP contribution in [0.1, 0.15) is 13.8 Å². The summed E-state index contributed by atoms with van der Waals surface area (Å²) in [4.78, 5) is 10.9. The number of ether oxygens (including phenoxy) is 1. The number of hydrogen-bond acceptors (Lipinski definition) is 5. The lowest BCUT2D eigenvalue weighted by Gasteiger charge is -2.19. The topological polar surface area (TPSA) is 69.7 Å². The molecule has 0 rings (SSSR count). The minimum absolute atomic E-state index is 0.729. The van der Waals surface area contributed by atoms with Crippen molar-refractivity contribution in [2.75, 3.05) is 13.4 Å². The first kappa shape index (κ1) is 11.4. The maximum atomic E-state index is 10.9. The van der Waals surface area contributed by atoms with E-state index in [1.165, 1.54) is 13.8 Å². The lowest BCUT2D eigenvalue weighted by Crippen LogP contribution is -2.37. The normalized spacial score (nSPS) is 12.7. The Hall–Kier alpha value is -0.620. The van der Waals surface area contributed by atoms with Crippen LogP contribution in [0.2, 0.25) is 0 Å². The molecule has 0 fully saturated rings. The van der Waals surface area contributed by atoms with E-state index in [2.05, 4.69) is 8.92 Å². The Morgan fingerprint density at radius 3 is 2.00 bits per heavy atom. The third-order valence-electron chi connectivity index (χ3n) is 1.04. The molecular formula is C6H12O5S. The molecule has 0 aromatic carbocycles. The average molecular weight is 196 g/mol. The van der Waals surface area contributed by atoms with Gasteiger partial charge in [0.1, 0.15) is 0 Å². The van der Waals surface area contributed by atoms with Gasteiger partial charge in [-0.15, -0.1) is 0 Å². The van der Waals surface area contributed by atoms with Gasteiger partial charge in [0.2, 0.25) is 0 Å². The summed E-state index contributed by atoms with van der Waals surface area (Å²) < 4.78 is 30.1. The molecule has 0 atom stereocenters. The zero-order valence-corrected chi connectivity index (χ0v) is 8.27. The molecule has 0 N–H and O–H groups in total. The number of methoxy groups -OCH3 is 1. The molecule has 0 radical (unpaired) electrons. The van der Waals surface area contributed by atoms with Crippen LogP contribution in [0.25, 0.3) is 0 Å². The van der Waals surface area contributed by atoms with E-state index in [1.807, 2.05) is 0 Å². The molecular weight excluding hydrogens is 184 g/mol. The molecule has 0 bridgehead atoms. The highest BCUT2D eigenvalue weighted by molar-refractivity contribution is 7.86. The molecule has 12 heavy (non-hydrogen) atoms. The number of carbonyl (C=O) groups is 1. The second kappa shape index (κ2) is 3.40. The summed E-state index contributed by atoms with van der Waals surface area (Å²) in [5, 5.41) is 0. The maximum absolute atomic E-state index is 10.9. The molecule has 72 valence electrons. The number of hydrogen-bond donors (Lipinski definition) is 0. The van der Waals surface area contributed by atoms with Crippen LogP contribution >= 0.6 is 0 Å². The summed E-state index contributed by atoms with van der Waals surface area (Å²) in [5.74, 6) is -0.729. The first-order valence-corrected chi connectivity index (χ1v) is 5.00. The number of esters is 1. The predicted molar refractivity (Wildman–Crippen MR) is 42.0 cm³/mol. The average Bonchev–Trinajstić information content (AvgIpc) is 1.80. The van der Waals surface area contributed by atoms with Gasteiger partial charge in [-0.05, 0) is 13.8 Å². The van der Waals surface area contributed by atoms with Crippen LogP contribution in [0.4, 0.5) is 0 Å². The first-order chi connectivity index (χ1) is 5.19. The fourth-order valence-electron chi connectivity index (χ4n) is 0.658. The summed E-state index contributed by atoms with van der Waals surface area (Å²) in [5.41, 5.74) is -1.46. The summed E-state index contributed by atoms with van der Waals surface area (Å²) >= 11 is 0. The van der Waals surface area contributed by atoms with Crippen molar-refractivity contribution in [3.8, 4) is 0 Å². The van der Waals surface area contributed by atoms with Crippen LogP contribution in [-0.2, 0) is 23.8 Å². The van der Waals surface area contributed by atoms with E-state index < -0.39 is 21.7 Å². The van der Waals surface area contributed by atoms with Crippen LogP contribution < -0.4 is 0 Å². The smallest absolute Gasteiger partial charge is 0.339 e. The summed E-state index contributed by atoms with van der Waals surface area (Å²) in [6.45, 7) is 2.64. The van der Waals surface area contributed by atoms with Gasteiger partial charge in [-0.2, -0.15) is 8.42 Å². The predicted octanol–water partition coefficient (Wildman–Crippen LogP) is -0.0858. The van der Waals surface area contributed by atoms with Gasteiger partial charge in [0, 0.05) is 0 Å². The fourth-order valence-corrected chi connectivity index (χ4v) is 1.48. The Morgan fingerprint density at radius 1 is 1.33 bits per heavy atom. The second-order valence-electron chi connectivity index (χ2n) is 2.79. The van der Waals surface area contributed by atoms with Crippen molar-refractivity contribution >= 4 is 16.1 Å². The molecule has 0 saturated carbocycles. The third-order valence-corrected chi connectivity index (χ3v) is 1.76. The summed E-state index contributed by atoms with van der Waals surface area (Å²) in [6, 6.07) is 0. The van der Waals surface area contributed by atoms with Crippen molar-refractivity contribution < 1.29 is 22.1 Å². The highest BCUT2D eigenvalue weighted by Crippen LogP contribution is 2.13. The third kappa shape index (κ3) is 3.68. The van der Waals surface area contributed by atoms with Gasteiger partial charge in [-0.25, -0.2) is 4.79 Å². The van der Waals surface area contributed by atoms with Gasteiger partial charge in [-0.1, -0.05) is 0 Å². The molecule has 5 nitrogen and oxygen atoms in total. The molecule has 0 aromatic rings. The van der Waals surface area contributed by atoms with Crippen LogP contribution in [0.3, 0.4) is 0 Å². The van der Waals surface area contributed by atoms with Crippen LogP contribution in [0.15, 0.2) is 0 Å². The minimum Gasteiger partial charge on any atom is -0.467 e. The molecule has 6 heteroatoms. The lowest BCUT2D eigenvalue weighted by atomic mass is 10.1. The van der Waals surface area contributed by atoms with Gasteiger partial charge >= 0.3 is 5.97 Å².